The number of benzene rings is 2. The Balaban J connectivity index is 1.86. The molecule has 0 aliphatic heterocycles. The van der Waals surface area contributed by atoms with E-state index < -0.39 is 5.97 Å². The normalized spacial score (nSPS) is 12.1. The number of hydrogen-bond acceptors (Lipinski definition) is 3. The van der Waals surface area contributed by atoms with Crippen LogP contribution in [0.3, 0.4) is 0 Å². The lowest BCUT2D eigenvalue weighted by atomic mass is 10.0. The summed E-state index contributed by atoms with van der Waals surface area (Å²) >= 11 is 1.64. The number of carboxylic acid groups (broad SMARTS) is 1. The summed E-state index contributed by atoms with van der Waals surface area (Å²) in [6.07, 6.45) is 0. The summed E-state index contributed by atoms with van der Waals surface area (Å²) in [5.74, 6) is -0.762. The lowest BCUT2D eigenvalue weighted by molar-refractivity contribution is 0.0697. The van der Waals surface area contributed by atoms with Gasteiger partial charge >= 0.3 is 5.97 Å². The molecule has 0 fully saturated rings. The molecule has 2 aromatic carbocycles. The van der Waals surface area contributed by atoms with Crippen molar-refractivity contribution in [2.75, 3.05) is 0 Å². The molecule has 0 saturated carbocycles. The quantitative estimate of drug-likeness (QED) is 0.737. The molecule has 0 bridgehead atoms. The molecular formula is C19H17NO2S. The van der Waals surface area contributed by atoms with E-state index in [0.717, 1.165) is 21.8 Å². The second-order valence-electron chi connectivity index (χ2n) is 5.59. The van der Waals surface area contributed by atoms with Crippen molar-refractivity contribution < 1.29 is 9.90 Å². The maximum Gasteiger partial charge on any atom is 0.335 e. The lowest BCUT2D eigenvalue weighted by Gasteiger charge is -2.09. The highest BCUT2D eigenvalue weighted by Crippen LogP contribution is 2.30. The second-order valence-corrected chi connectivity index (χ2v) is 6.48. The maximum absolute atomic E-state index is 10.9. The number of carboxylic acids is 1. The van der Waals surface area contributed by atoms with Crippen molar-refractivity contribution in [2.24, 2.45) is 0 Å². The molecule has 1 unspecified atom stereocenters. The van der Waals surface area contributed by atoms with Crippen LogP contribution in [-0.4, -0.2) is 16.1 Å². The molecule has 1 N–H and O–H groups in total. The fraction of sp³-hybridized carbons (Fsp3) is 0.158. The molecular weight excluding hydrogens is 306 g/mol. The van der Waals surface area contributed by atoms with Gasteiger partial charge in [0.05, 0.1) is 11.3 Å². The molecule has 0 radical (unpaired) electrons. The van der Waals surface area contributed by atoms with Crippen LogP contribution in [0, 0.1) is 6.92 Å². The molecule has 0 saturated heterocycles. The third-order valence-corrected chi connectivity index (χ3v) is 4.89. The van der Waals surface area contributed by atoms with Gasteiger partial charge in [-0.15, -0.1) is 11.3 Å². The van der Waals surface area contributed by atoms with Crippen molar-refractivity contribution in [3.05, 3.63) is 75.6 Å². The number of nitrogens with zero attached hydrogens (tertiary/aromatic N) is 1. The summed E-state index contributed by atoms with van der Waals surface area (Å²) in [7, 11) is 0. The molecule has 0 amide bonds. The van der Waals surface area contributed by atoms with Gasteiger partial charge in [0.2, 0.25) is 0 Å². The molecule has 1 aromatic heterocycles. The van der Waals surface area contributed by atoms with E-state index in [4.69, 9.17) is 10.1 Å². The first-order valence-corrected chi connectivity index (χ1v) is 8.28. The predicted octanol–water partition coefficient (Wildman–Crippen LogP) is 4.97. The summed E-state index contributed by atoms with van der Waals surface area (Å²) in [6.45, 7) is 4.16. The van der Waals surface area contributed by atoms with Crippen LogP contribution in [0.1, 0.15) is 39.3 Å². The maximum atomic E-state index is 10.9. The fourth-order valence-electron chi connectivity index (χ4n) is 2.48. The summed E-state index contributed by atoms with van der Waals surface area (Å²) in [5, 5.41) is 12.1. The van der Waals surface area contributed by atoms with Crippen LogP contribution in [-0.2, 0) is 0 Å². The summed E-state index contributed by atoms with van der Waals surface area (Å²) in [5.41, 5.74) is 4.71. The molecule has 3 rings (SSSR count). The van der Waals surface area contributed by atoms with Gasteiger partial charge in [-0.3, -0.25) is 0 Å². The minimum absolute atomic E-state index is 0.140. The topological polar surface area (TPSA) is 50.2 Å². The zero-order chi connectivity index (χ0) is 16.4. The number of thiazole rings is 1. The largest absolute Gasteiger partial charge is 0.478 e. The van der Waals surface area contributed by atoms with Crippen LogP contribution in [0.5, 0.6) is 0 Å². The first kappa shape index (κ1) is 15.4. The van der Waals surface area contributed by atoms with Crippen LogP contribution in [0.15, 0.2) is 53.9 Å². The van der Waals surface area contributed by atoms with Gasteiger partial charge in [-0.2, -0.15) is 0 Å². The Morgan fingerprint density at radius 3 is 2.57 bits per heavy atom. The predicted molar refractivity (Wildman–Crippen MR) is 93.2 cm³/mol. The van der Waals surface area contributed by atoms with Crippen LogP contribution >= 0.6 is 11.3 Å². The molecule has 1 atom stereocenters. The minimum atomic E-state index is -0.903. The molecule has 1 heterocycles. The van der Waals surface area contributed by atoms with Crippen molar-refractivity contribution in [3.8, 4) is 11.3 Å². The van der Waals surface area contributed by atoms with Crippen molar-refractivity contribution in [3.63, 3.8) is 0 Å². The highest BCUT2D eigenvalue weighted by Gasteiger charge is 2.14. The van der Waals surface area contributed by atoms with Crippen molar-refractivity contribution in [1.82, 2.24) is 4.98 Å². The molecule has 23 heavy (non-hydrogen) atoms. The van der Waals surface area contributed by atoms with Crippen molar-refractivity contribution in [2.45, 2.75) is 19.8 Å². The molecule has 0 aliphatic rings. The monoisotopic (exact) mass is 323 g/mol. The smallest absolute Gasteiger partial charge is 0.335 e. The van der Waals surface area contributed by atoms with Gasteiger partial charge < -0.3 is 5.11 Å². The number of hydrogen-bond donors (Lipinski definition) is 1. The summed E-state index contributed by atoms with van der Waals surface area (Å²) < 4.78 is 0. The number of aryl methyl sites for hydroxylation is 1. The van der Waals surface area contributed by atoms with Gasteiger partial charge in [0.15, 0.2) is 0 Å². The standard InChI is InChI=1S/C19H17NO2S/c1-12-4-3-5-16(10-12)17-11-23-18(20-17)13(2)14-6-8-15(9-7-14)19(21)22/h3-11,13H,1-2H3,(H,21,22). The Labute approximate surface area is 139 Å². The van der Waals surface area contributed by atoms with Gasteiger partial charge in [0, 0.05) is 16.9 Å². The third-order valence-electron chi connectivity index (χ3n) is 3.86. The number of rotatable bonds is 4. The van der Waals surface area contributed by atoms with E-state index in [1.165, 1.54) is 5.56 Å². The number of carbonyl (C=O) groups is 1. The van der Waals surface area contributed by atoms with Crippen molar-refractivity contribution in [1.29, 1.82) is 0 Å². The van der Waals surface area contributed by atoms with Crippen LogP contribution < -0.4 is 0 Å². The Bertz CT molecular complexity index is 837. The average Bonchev–Trinajstić information content (AvgIpc) is 3.04. The highest BCUT2D eigenvalue weighted by molar-refractivity contribution is 7.10. The van der Waals surface area contributed by atoms with Gasteiger partial charge in [-0.05, 0) is 30.7 Å². The van der Waals surface area contributed by atoms with Crippen LogP contribution in [0.4, 0.5) is 0 Å². The van der Waals surface area contributed by atoms with Crippen LogP contribution in [0.2, 0.25) is 0 Å². The molecule has 4 heteroatoms. The molecule has 0 spiro atoms. The van der Waals surface area contributed by atoms with Gasteiger partial charge in [-0.25, -0.2) is 9.78 Å². The van der Waals surface area contributed by atoms with E-state index in [2.05, 4.69) is 37.4 Å². The van der Waals surface area contributed by atoms with E-state index in [-0.39, 0.29) is 5.92 Å². The fourth-order valence-corrected chi connectivity index (χ4v) is 3.39. The zero-order valence-electron chi connectivity index (χ0n) is 13.0. The first-order chi connectivity index (χ1) is 11.0. The lowest BCUT2D eigenvalue weighted by Crippen LogP contribution is -1.99. The third kappa shape index (κ3) is 3.32. The second kappa shape index (κ2) is 6.34. The molecule has 3 aromatic rings. The van der Waals surface area contributed by atoms with E-state index in [1.807, 2.05) is 18.2 Å². The first-order valence-electron chi connectivity index (χ1n) is 7.40. The number of aromatic nitrogens is 1. The van der Waals surface area contributed by atoms with Gasteiger partial charge in [-0.1, -0.05) is 42.8 Å². The number of aromatic carboxylic acids is 1. The molecule has 0 aliphatic carbocycles. The Hall–Kier alpha value is -2.46. The SMILES string of the molecule is Cc1cccc(-c2csc(C(C)c3ccc(C(=O)O)cc3)n2)c1. The Kier molecular flexibility index (Phi) is 4.26. The Morgan fingerprint density at radius 2 is 1.91 bits per heavy atom. The van der Waals surface area contributed by atoms with E-state index in [9.17, 15) is 4.79 Å². The van der Waals surface area contributed by atoms with Crippen molar-refractivity contribution >= 4 is 17.3 Å². The van der Waals surface area contributed by atoms with E-state index >= 15 is 0 Å². The molecule has 3 nitrogen and oxygen atoms in total. The minimum Gasteiger partial charge on any atom is -0.478 e. The van der Waals surface area contributed by atoms with E-state index in [0.29, 0.717) is 5.56 Å². The summed E-state index contributed by atoms with van der Waals surface area (Å²) in [4.78, 5) is 15.7. The van der Waals surface area contributed by atoms with Gasteiger partial charge in [0.1, 0.15) is 5.01 Å². The average molecular weight is 323 g/mol. The zero-order valence-corrected chi connectivity index (χ0v) is 13.8. The van der Waals surface area contributed by atoms with Gasteiger partial charge in [0.25, 0.3) is 0 Å². The Morgan fingerprint density at radius 1 is 1.17 bits per heavy atom. The van der Waals surface area contributed by atoms with Crippen LogP contribution in [0.25, 0.3) is 11.3 Å². The molecule has 116 valence electrons. The van der Waals surface area contributed by atoms with E-state index in [1.54, 1.807) is 23.5 Å². The summed E-state index contributed by atoms with van der Waals surface area (Å²) in [6, 6.07) is 15.3. The highest BCUT2D eigenvalue weighted by atomic mass is 32.1.